The largest absolute Gasteiger partial charge is 0.356 e. The Hall–Kier alpha value is -0.620. The molecule has 4 nitrogen and oxygen atoms in total. The lowest BCUT2D eigenvalue weighted by molar-refractivity contribution is 0.740. The highest BCUT2D eigenvalue weighted by atomic mass is 79.9. The summed E-state index contributed by atoms with van der Waals surface area (Å²) in [6.07, 6.45) is 1.10. The van der Waals surface area contributed by atoms with Crippen molar-refractivity contribution >= 4 is 38.4 Å². The fourth-order valence-corrected chi connectivity index (χ4v) is 2.17. The summed E-state index contributed by atoms with van der Waals surface area (Å²) in [6, 6.07) is 0. The van der Waals surface area contributed by atoms with E-state index in [1.807, 2.05) is 5.38 Å². The summed E-state index contributed by atoms with van der Waals surface area (Å²) in [5.41, 5.74) is 0. The molecule has 0 bridgehead atoms. The lowest BCUT2D eigenvalue weighted by atomic mass is 10.4. The van der Waals surface area contributed by atoms with E-state index in [0.717, 1.165) is 35.2 Å². The fraction of sp³-hybridized carbons (Fsp3) is 0.429. The van der Waals surface area contributed by atoms with Crippen LogP contribution in [-0.4, -0.2) is 24.0 Å². The number of halogens is 1. The maximum Gasteiger partial charge on any atom is 0.197 e. The van der Waals surface area contributed by atoms with Gasteiger partial charge in [-0.2, -0.15) is 0 Å². The molecule has 70 valence electrons. The van der Waals surface area contributed by atoms with Crippen molar-refractivity contribution in [3.8, 4) is 0 Å². The minimum Gasteiger partial charge on any atom is -0.356 e. The first kappa shape index (κ1) is 8.96. The summed E-state index contributed by atoms with van der Waals surface area (Å²) in [5, 5.41) is 9.08. The first-order valence-corrected chi connectivity index (χ1v) is 5.68. The summed E-state index contributed by atoms with van der Waals surface area (Å²) in [6.45, 7) is 1.88. The number of anilines is 1. The molecule has 2 heterocycles. The third kappa shape index (κ3) is 2.41. The summed E-state index contributed by atoms with van der Waals surface area (Å²) in [4.78, 5) is 8.49. The average Bonchev–Trinajstić information content (AvgIpc) is 2.53. The Labute approximate surface area is 88.6 Å². The van der Waals surface area contributed by atoms with Crippen LogP contribution >= 0.6 is 27.3 Å². The van der Waals surface area contributed by atoms with Gasteiger partial charge in [0, 0.05) is 18.5 Å². The van der Waals surface area contributed by atoms with Gasteiger partial charge in [-0.1, -0.05) is 0 Å². The zero-order chi connectivity index (χ0) is 9.10. The molecule has 0 aromatic carbocycles. The second kappa shape index (κ2) is 4.06. The van der Waals surface area contributed by atoms with E-state index in [1.165, 1.54) is 0 Å². The Kier molecular flexibility index (Phi) is 2.80. The number of nitrogens with one attached hydrogen (secondary N) is 2. The predicted molar refractivity (Wildman–Crippen MR) is 58.4 cm³/mol. The van der Waals surface area contributed by atoms with Gasteiger partial charge < -0.3 is 10.6 Å². The number of thiazole rings is 1. The zero-order valence-corrected chi connectivity index (χ0v) is 9.28. The van der Waals surface area contributed by atoms with Crippen molar-refractivity contribution in [1.82, 2.24) is 10.3 Å². The van der Waals surface area contributed by atoms with Gasteiger partial charge in [-0.05, 0) is 22.4 Å². The number of guanidine groups is 1. The van der Waals surface area contributed by atoms with E-state index in [-0.39, 0.29) is 0 Å². The van der Waals surface area contributed by atoms with Gasteiger partial charge in [0.25, 0.3) is 0 Å². The van der Waals surface area contributed by atoms with Crippen molar-refractivity contribution in [2.24, 2.45) is 4.99 Å². The summed E-state index contributed by atoms with van der Waals surface area (Å²) < 4.78 is 0.858. The van der Waals surface area contributed by atoms with E-state index in [2.05, 4.69) is 36.5 Å². The monoisotopic (exact) mass is 260 g/mol. The fourth-order valence-electron chi connectivity index (χ4n) is 1.03. The van der Waals surface area contributed by atoms with Crippen molar-refractivity contribution in [3.63, 3.8) is 0 Å². The third-order valence-electron chi connectivity index (χ3n) is 1.60. The molecule has 1 aromatic rings. The minimum absolute atomic E-state index is 0.827. The highest BCUT2D eigenvalue weighted by Crippen LogP contribution is 2.19. The number of nitrogens with zero attached hydrogens (tertiary/aromatic N) is 2. The number of rotatable bonds is 1. The van der Waals surface area contributed by atoms with E-state index in [9.17, 15) is 0 Å². The summed E-state index contributed by atoms with van der Waals surface area (Å²) >= 11 is 4.85. The van der Waals surface area contributed by atoms with Gasteiger partial charge in [-0.25, -0.2) is 4.98 Å². The number of hydrogen-bond acceptors (Lipinski definition) is 5. The van der Waals surface area contributed by atoms with Crippen LogP contribution in [0.25, 0.3) is 0 Å². The molecule has 6 heteroatoms. The molecule has 0 radical (unpaired) electrons. The molecule has 13 heavy (non-hydrogen) atoms. The molecule has 0 unspecified atom stereocenters. The molecule has 0 spiro atoms. The van der Waals surface area contributed by atoms with E-state index in [4.69, 9.17) is 0 Å². The highest BCUT2D eigenvalue weighted by Gasteiger charge is 2.05. The van der Waals surface area contributed by atoms with Crippen molar-refractivity contribution in [3.05, 3.63) is 9.98 Å². The lowest BCUT2D eigenvalue weighted by Gasteiger charge is -2.13. The molecule has 2 N–H and O–H groups in total. The highest BCUT2D eigenvalue weighted by molar-refractivity contribution is 9.10. The van der Waals surface area contributed by atoms with Crippen LogP contribution in [0, 0.1) is 0 Å². The molecule has 1 aliphatic rings. The van der Waals surface area contributed by atoms with Gasteiger partial charge in [-0.15, -0.1) is 11.3 Å². The maximum absolute atomic E-state index is 4.28. The molecule has 2 rings (SSSR count). The van der Waals surface area contributed by atoms with Crippen LogP contribution in [0.4, 0.5) is 5.13 Å². The molecule has 0 atom stereocenters. The van der Waals surface area contributed by atoms with E-state index in [0.29, 0.717) is 0 Å². The Morgan fingerprint density at radius 3 is 3.15 bits per heavy atom. The Morgan fingerprint density at radius 1 is 1.62 bits per heavy atom. The smallest absolute Gasteiger partial charge is 0.197 e. The third-order valence-corrected chi connectivity index (χ3v) is 3.07. The van der Waals surface area contributed by atoms with Crippen molar-refractivity contribution in [2.75, 3.05) is 18.4 Å². The minimum atomic E-state index is 0.827. The Bertz CT molecular complexity index is 322. The SMILES string of the molecule is Brc1csc(NC2=NCCCN2)n1. The first-order chi connectivity index (χ1) is 6.34. The maximum atomic E-state index is 4.28. The number of hydrogen-bond donors (Lipinski definition) is 2. The van der Waals surface area contributed by atoms with Gasteiger partial charge in [-0.3, -0.25) is 4.99 Å². The molecule has 0 fully saturated rings. The average molecular weight is 261 g/mol. The molecular weight excluding hydrogens is 252 g/mol. The molecule has 0 aliphatic carbocycles. The standard InChI is InChI=1S/C7H9BrN4S/c8-5-4-13-7(11-5)12-6-9-2-1-3-10-6/h4H,1-3H2,(H2,9,10,11,12). The van der Waals surface area contributed by atoms with Crippen LogP contribution in [0.5, 0.6) is 0 Å². The molecule has 0 saturated carbocycles. The molecule has 1 aromatic heterocycles. The quantitative estimate of drug-likeness (QED) is 0.808. The van der Waals surface area contributed by atoms with Gasteiger partial charge in [0.15, 0.2) is 11.1 Å². The van der Waals surface area contributed by atoms with Crippen LogP contribution < -0.4 is 10.6 Å². The first-order valence-electron chi connectivity index (χ1n) is 4.01. The van der Waals surface area contributed by atoms with E-state index >= 15 is 0 Å². The second-order valence-electron chi connectivity index (χ2n) is 2.61. The molecule has 1 aliphatic heterocycles. The van der Waals surface area contributed by atoms with Crippen LogP contribution in [0.15, 0.2) is 15.0 Å². The molecular formula is C7H9BrN4S. The zero-order valence-electron chi connectivity index (χ0n) is 6.88. The topological polar surface area (TPSA) is 49.3 Å². The lowest BCUT2D eigenvalue weighted by Crippen LogP contribution is -2.35. The Balaban J connectivity index is 2.01. The van der Waals surface area contributed by atoms with Gasteiger partial charge in [0.1, 0.15) is 4.60 Å². The number of aromatic nitrogens is 1. The second-order valence-corrected chi connectivity index (χ2v) is 4.28. The Morgan fingerprint density at radius 2 is 2.54 bits per heavy atom. The summed E-state index contributed by atoms with van der Waals surface area (Å²) in [5.74, 6) is 0.827. The van der Waals surface area contributed by atoms with Crippen LogP contribution in [-0.2, 0) is 0 Å². The predicted octanol–water partition coefficient (Wildman–Crippen LogP) is 1.67. The van der Waals surface area contributed by atoms with Crippen molar-refractivity contribution < 1.29 is 0 Å². The van der Waals surface area contributed by atoms with E-state index in [1.54, 1.807) is 11.3 Å². The van der Waals surface area contributed by atoms with E-state index < -0.39 is 0 Å². The number of aliphatic imine (C=N–C) groups is 1. The van der Waals surface area contributed by atoms with Gasteiger partial charge in [0.05, 0.1) is 0 Å². The van der Waals surface area contributed by atoms with Crippen LogP contribution in [0.1, 0.15) is 6.42 Å². The van der Waals surface area contributed by atoms with Crippen molar-refractivity contribution in [1.29, 1.82) is 0 Å². The van der Waals surface area contributed by atoms with Gasteiger partial charge in [0.2, 0.25) is 0 Å². The molecule has 0 amide bonds. The summed E-state index contributed by atoms with van der Waals surface area (Å²) in [7, 11) is 0. The van der Waals surface area contributed by atoms with Crippen LogP contribution in [0.3, 0.4) is 0 Å². The normalized spacial score (nSPS) is 16.2. The van der Waals surface area contributed by atoms with Gasteiger partial charge >= 0.3 is 0 Å². The van der Waals surface area contributed by atoms with Crippen LogP contribution in [0.2, 0.25) is 0 Å². The molecule has 0 saturated heterocycles. The van der Waals surface area contributed by atoms with Crippen molar-refractivity contribution in [2.45, 2.75) is 6.42 Å².